The zero-order valence-corrected chi connectivity index (χ0v) is 14.0. The standard InChI is InChI=1S/C18H30N2O/c1-14-8-9-16(21-4)15(12-14)13-17(19)18(20(2)3)10-6-5-7-11-18/h8-9,12,17H,5-7,10-11,13,19H2,1-4H3. The van der Waals surface area contributed by atoms with Gasteiger partial charge in [-0.1, -0.05) is 37.0 Å². The number of nitrogens with zero attached hydrogens (tertiary/aromatic N) is 1. The SMILES string of the molecule is COc1ccc(C)cc1CC(N)C1(N(C)C)CCCCC1. The number of likely N-dealkylation sites (N-methyl/N-ethyl adjacent to an activating group) is 1. The van der Waals surface area contributed by atoms with Gasteiger partial charge in [0.1, 0.15) is 5.75 Å². The Bertz CT molecular complexity index is 464. The van der Waals surface area contributed by atoms with Gasteiger partial charge >= 0.3 is 0 Å². The molecule has 1 aliphatic rings. The predicted molar refractivity (Wildman–Crippen MR) is 88.9 cm³/mol. The van der Waals surface area contributed by atoms with Crippen LogP contribution in [0.1, 0.15) is 43.2 Å². The fraction of sp³-hybridized carbons (Fsp3) is 0.667. The molecule has 1 aromatic carbocycles. The van der Waals surface area contributed by atoms with Gasteiger partial charge in [-0.25, -0.2) is 0 Å². The number of methoxy groups -OCH3 is 1. The van der Waals surface area contributed by atoms with Crippen LogP contribution in [0.2, 0.25) is 0 Å². The maximum atomic E-state index is 6.69. The minimum atomic E-state index is 0.132. The highest BCUT2D eigenvalue weighted by Crippen LogP contribution is 2.36. The van der Waals surface area contributed by atoms with Gasteiger partial charge in [0.05, 0.1) is 7.11 Å². The zero-order valence-electron chi connectivity index (χ0n) is 14.0. The second-order valence-corrected chi connectivity index (χ2v) is 6.68. The molecule has 0 heterocycles. The van der Waals surface area contributed by atoms with E-state index in [0.717, 1.165) is 12.2 Å². The fourth-order valence-corrected chi connectivity index (χ4v) is 3.81. The van der Waals surface area contributed by atoms with E-state index in [4.69, 9.17) is 10.5 Å². The fourth-order valence-electron chi connectivity index (χ4n) is 3.81. The quantitative estimate of drug-likeness (QED) is 0.905. The molecule has 21 heavy (non-hydrogen) atoms. The number of hydrogen-bond acceptors (Lipinski definition) is 3. The third-order valence-corrected chi connectivity index (χ3v) is 5.18. The van der Waals surface area contributed by atoms with Crippen molar-refractivity contribution in [1.29, 1.82) is 0 Å². The van der Waals surface area contributed by atoms with Gasteiger partial charge in [-0.2, -0.15) is 0 Å². The summed E-state index contributed by atoms with van der Waals surface area (Å²) in [4.78, 5) is 2.36. The maximum Gasteiger partial charge on any atom is 0.122 e. The molecule has 1 saturated carbocycles. The molecule has 3 nitrogen and oxygen atoms in total. The summed E-state index contributed by atoms with van der Waals surface area (Å²) in [6.07, 6.45) is 7.21. The van der Waals surface area contributed by atoms with Gasteiger partial charge in [-0.15, -0.1) is 0 Å². The number of benzene rings is 1. The first-order valence-electron chi connectivity index (χ1n) is 8.06. The lowest BCUT2D eigenvalue weighted by molar-refractivity contribution is 0.0714. The summed E-state index contributed by atoms with van der Waals surface area (Å²) in [5, 5.41) is 0. The third-order valence-electron chi connectivity index (χ3n) is 5.18. The van der Waals surface area contributed by atoms with E-state index in [2.05, 4.69) is 44.1 Å². The smallest absolute Gasteiger partial charge is 0.122 e. The molecular formula is C18H30N2O. The Morgan fingerprint density at radius 2 is 1.90 bits per heavy atom. The lowest BCUT2D eigenvalue weighted by Gasteiger charge is -2.47. The Morgan fingerprint density at radius 3 is 2.48 bits per heavy atom. The molecule has 3 heteroatoms. The highest BCUT2D eigenvalue weighted by atomic mass is 16.5. The Balaban J connectivity index is 2.22. The lowest BCUT2D eigenvalue weighted by Crippen LogP contribution is -2.59. The van der Waals surface area contributed by atoms with Crippen molar-refractivity contribution in [2.24, 2.45) is 5.73 Å². The number of ether oxygens (including phenoxy) is 1. The largest absolute Gasteiger partial charge is 0.496 e. The zero-order chi connectivity index (χ0) is 15.5. The van der Waals surface area contributed by atoms with E-state index in [1.807, 2.05) is 0 Å². The van der Waals surface area contributed by atoms with Crippen molar-refractivity contribution in [3.63, 3.8) is 0 Å². The monoisotopic (exact) mass is 290 g/mol. The van der Waals surface area contributed by atoms with Crippen molar-refractivity contribution in [2.75, 3.05) is 21.2 Å². The van der Waals surface area contributed by atoms with Crippen molar-refractivity contribution in [3.05, 3.63) is 29.3 Å². The summed E-state index contributed by atoms with van der Waals surface area (Å²) >= 11 is 0. The summed E-state index contributed by atoms with van der Waals surface area (Å²) in [5.74, 6) is 0.959. The summed E-state index contributed by atoms with van der Waals surface area (Å²) in [5.41, 5.74) is 9.32. The van der Waals surface area contributed by atoms with Crippen molar-refractivity contribution in [2.45, 2.75) is 57.0 Å². The molecule has 1 unspecified atom stereocenters. The first kappa shape index (κ1) is 16.3. The number of nitrogens with two attached hydrogens (primary N) is 1. The van der Waals surface area contributed by atoms with Crippen LogP contribution in [0.4, 0.5) is 0 Å². The van der Waals surface area contributed by atoms with Crippen LogP contribution in [0.15, 0.2) is 18.2 Å². The molecule has 1 aromatic rings. The van der Waals surface area contributed by atoms with Crippen LogP contribution in [0, 0.1) is 6.92 Å². The van der Waals surface area contributed by atoms with Crippen LogP contribution >= 0.6 is 0 Å². The maximum absolute atomic E-state index is 6.69. The van der Waals surface area contributed by atoms with Crippen molar-refractivity contribution < 1.29 is 4.74 Å². The Kier molecular flexibility index (Phi) is 5.28. The van der Waals surface area contributed by atoms with Crippen LogP contribution < -0.4 is 10.5 Å². The molecule has 0 aromatic heterocycles. The molecule has 1 atom stereocenters. The van der Waals surface area contributed by atoms with Crippen molar-refractivity contribution in [1.82, 2.24) is 4.90 Å². The van der Waals surface area contributed by atoms with Crippen LogP contribution in [0.3, 0.4) is 0 Å². The van der Waals surface area contributed by atoms with Gasteiger partial charge in [0, 0.05) is 11.6 Å². The van der Waals surface area contributed by atoms with E-state index in [0.29, 0.717) is 0 Å². The number of hydrogen-bond donors (Lipinski definition) is 1. The van der Waals surface area contributed by atoms with E-state index in [9.17, 15) is 0 Å². The summed E-state index contributed by atoms with van der Waals surface area (Å²) in [6, 6.07) is 6.50. The number of rotatable bonds is 5. The van der Waals surface area contributed by atoms with Crippen molar-refractivity contribution in [3.8, 4) is 5.75 Å². The van der Waals surface area contributed by atoms with Crippen LogP contribution in [0.5, 0.6) is 5.75 Å². The first-order chi connectivity index (χ1) is 9.99. The molecule has 0 saturated heterocycles. The highest BCUT2D eigenvalue weighted by Gasteiger charge is 2.40. The Hall–Kier alpha value is -1.06. The van der Waals surface area contributed by atoms with Gasteiger partial charge in [-0.05, 0) is 51.9 Å². The third kappa shape index (κ3) is 3.41. The topological polar surface area (TPSA) is 38.5 Å². The van der Waals surface area contributed by atoms with E-state index >= 15 is 0 Å². The molecule has 2 rings (SSSR count). The van der Waals surface area contributed by atoms with Gasteiger partial charge < -0.3 is 15.4 Å². The molecule has 1 fully saturated rings. The highest BCUT2D eigenvalue weighted by molar-refractivity contribution is 5.37. The van der Waals surface area contributed by atoms with Crippen LogP contribution in [-0.2, 0) is 6.42 Å². The second kappa shape index (κ2) is 6.80. The van der Waals surface area contributed by atoms with Crippen molar-refractivity contribution >= 4 is 0 Å². The van der Waals surface area contributed by atoms with Gasteiger partial charge in [0.25, 0.3) is 0 Å². The summed E-state index contributed by atoms with van der Waals surface area (Å²) in [6.45, 7) is 2.12. The minimum Gasteiger partial charge on any atom is -0.496 e. The second-order valence-electron chi connectivity index (χ2n) is 6.68. The lowest BCUT2D eigenvalue weighted by atomic mass is 9.74. The minimum absolute atomic E-state index is 0.132. The molecule has 118 valence electrons. The van der Waals surface area contributed by atoms with Gasteiger partial charge in [0.2, 0.25) is 0 Å². The summed E-state index contributed by atoms with van der Waals surface area (Å²) in [7, 11) is 6.10. The van der Waals surface area contributed by atoms with Gasteiger partial charge in [0.15, 0.2) is 0 Å². The van der Waals surface area contributed by atoms with Crippen LogP contribution in [0.25, 0.3) is 0 Å². The normalized spacial score (nSPS) is 19.5. The average Bonchev–Trinajstić information content (AvgIpc) is 2.48. The molecule has 0 radical (unpaired) electrons. The molecule has 0 aliphatic heterocycles. The van der Waals surface area contributed by atoms with E-state index < -0.39 is 0 Å². The van der Waals surface area contributed by atoms with E-state index in [-0.39, 0.29) is 11.6 Å². The van der Waals surface area contributed by atoms with E-state index in [1.165, 1.54) is 43.2 Å². The van der Waals surface area contributed by atoms with Crippen LogP contribution in [-0.4, -0.2) is 37.7 Å². The van der Waals surface area contributed by atoms with Gasteiger partial charge in [-0.3, -0.25) is 0 Å². The molecule has 0 bridgehead atoms. The van der Waals surface area contributed by atoms with E-state index in [1.54, 1.807) is 7.11 Å². The summed E-state index contributed by atoms with van der Waals surface area (Å²) < 4.78 is 5.51. The molecule has 0 amide bonds. The average molecular weight is 290 g/mol. The molecular weight excluding hydrogens is 260 g/mol. The molecule has 1 aliphatic carbocycles. The predicted octanol–water partition coefficient (Wildman–Crippen LogP) is 3.14. The Labute approximate surface area is 129 Å². The number of aryl methyl sites for hydroxylation is 1. The first-order valence-corrected chi connectivity index (χ1v) is 8.06. The molecule has 0 spiro atoms. The molecule has 2 N–H and O–H groups in total. The Morgan fingerprint density at radius 1 is 1.24 bits per heavy atom.